The third kappa shape index (κ3) is 3.30. The highest BCUT2D eigenvalue weighted by Crippen LogP contribution is 2.46. The number of aliphatic hydroxyl groups excluding tert-OH is 1. The van der Waals surface area contributed by atoms with E-state index in [9.17, 15) is 9.50 Å². The van der Waals surface area contributed by atoms with Crippen LogP contribution in [0.2, 0.25) is 0 Å². The first kappa shape index (κ1) is 15.6. The summed E-state index contributed by atoms with van der Waals surface area (Å²) < 4.78 is 13.0. The fourth-order valence-corrected chi connectivity index (χ4v) is 4.97. The molecule has 1 saturated heterocycles. The van der Waals surface area contributed by atoms with Crippen molar-refractivity contribution in [3.8, 4) is 0 Å². The Labute approximate surface area is 138 Å². The molecular formula is C19H27FN2O. The third-order valence-corrected chi connectivity index (χ3v) is 6.26. The van der Waals surface area contributed by atoms with Gasteiger partial charge in [0.25, 0.3) is 0 Å². The van der Waals surface area contributed by atoms with E-state index in [1.807, 2.05) is 0 Å². The Bertz CT molecular complexity index is 527. The van der Waals surface area contributed by atoms with Gasteiger partial charge in [0.05, 0.1) is 6.10 Å². The molecule has 3 aliphatic rings. The maximum absolute atomic E-state index is 13.0. The Kier molecular flexibility index (Phi) is 4.39. The molecule has 1 aromatic carbocycles. The van der Waals surface area contributed by atoms with E-state index < -0.39 is 6.10 Å². The summed E-state index contributed by atoms with van der Waals surface area (Å²) in [5.74, 6) is 1.71. The van der Waals surface area contributed by atoms with Gasteiger partial charge in [0.2, 0.25) is 0 Å². The van der Waals surface area contributed by atoms with E-state index in [4.69, 9.17) is 0 Å². The van der Waals surface area contributed by atoms with Crippen LogP contribution in [-0.4, -0.2) is 53.7 Å². The Balaban J connectivity index is 1.27. The number of nitrogens with zero attached hydrogens (tertiary/aromatic N) is 2. The second-order valence-electron chi connectivity index (χ2n) is 7.65. The fraction of sp³-hybridized carbons (Fsp3) is 0.684. The van der Waals surface area contributed by atoms with Crippen molar-refractivity contribution in [1.29, 1.82) is 0 Å². The van der Waals surface area contributed by atoms with Gasteiger partial charge in [-0.3, -0.25) is 9.80 Å². The molecule has 1 aromatic rings. The predicted molar refractivity (Wildman–Crippen MR) is 88.6 cm³/mol. The summed E-state index contributed by atoms with van der Waals surface area (Å²) in [5.41, 5.74) is 0.807. The monoisotopic (exact) mass is 318 g/mol. The summed E-state index contributed by atoms with van der Waals surface area (Å²) in [5, 5.41) is 10.3. The number of hydrogen-bond acceptors (Lipinski definition) is 3. The van der Waals surface area contributed by atoms with Gasteiger partial charge in [-0.1, -0.05) is 18.6 Å². The van der Waals surface area contributed by atoms with Crippen LogP contribution in [0.15, 0.2) is 24.3 Å². The minimum absolute atomic E-state index is 0.250. The average Bonchev–Trinajstić information content (AvgIpc) is 3.19. The number of fused-ring (bicyclic) bond motifs is 2. The van der Waals surface area contributed by atoms with Gasteiger partial charge in [-0.15, -0.1) is 0 Å². The van der Waals surface area contributed by atoms with E-state index in [0.717, 1.165) is 49.6 Å². The molecule has 126 valence electrons. The number of rotatable bonds is 4. The molecule has 1 N–H and O–H groups in total. The summed E-state index contributed by atoms with van der Waals surface area (Å²) in [4.78, 5) is 5.04. The Hall–Kier alpha value is -0.970. The lowest BCUT2D eigenvalue weighted by Gasteiger charge is -2.41. The van der Waals surface area contributed by atoms with Gasteiger partial charge in [-0.2, -0.15) is 0 Å². The first-order valence-corrected chi connectivity index (χ1v) is 9.09. The van der Waals surface area contributed by atoms with Crippen LogP contribution >= 0.6 is 0 Å². The minimum Gasteiger partial charge on any atom is -0.387 e. The molecule has 1 heterocycles. The lowest BCUT2D eigenvalue weighted by atomic mass is 9.93. The van der Waals surface area contributed by atoms with Crippen molar-refractivity contribution in [2.75, 3.05) is 32.7 Å². The SMILES string of the molecule is OC(CN1CCN(C2CC3CCC2C3)CC1)c1ccc(F)cc1. The molecule has 2 bridgehead atoms. The summed E-state index contributed by atoms with van der Waals surface area (Å²) in [6.07, 6.45) is 5.27. The number of benzene rings is 1. The molecule has 2 aliphatic carbocycles. The molecule has 4 atom stereocenters. The van der Waals surface area contributed by atoms with E-state index in [2.05, 4.69) is 9.80 Å². The van der Waals surface area contributed by atoms with Crippen LogP contribution in [0.5, 0.6) is 0 Å². The highest BCUT2D eigenvalue weighted by Gasteiger charge is 2.42. The molecule has 2 saturated carbocycles. The van der Waals surface area contributed by atoms with Crippen LogP contribution in [0, 0.1) is 17.7 Å². The van der Waals surface area contributed by atoms with Crippen molar-refractivity contribution in [3.05, 3.63) is 35.6 Å². The van der Waals surface area contributed by atoms with Crippen molar-refractivity contribution in [2.45, 2.75) is 37.8 Å². The molecule has 0 aromatic heterocycles. The van der Waals surface area contributed by atoms with Crippen molar-refractivity contribution in [3.63, 3.8) is 0 Å². The van der Waals surface area contributed by atoms with Crippen LogP contribution in [0.4, 0.5) is 4.39 Å². The summed E-state index contributed by atoms with van der Waals surface area (Å²) >= 11 is 0. The fourth-order valence-electron chi connectivity index (χ4n) is 4.97. The van der Waals surface area contributed by atoms with Crippen molar-refractivity contribution in [1.82, 2.24) is 9.80 Å². The predicted octanol–water partition coefficient (Wildman–Crippen LogP) is 2.67. The normalized spacial score (nSPS) is 33.2. The van der Waals surface area contributed by atoms with Crippen molar-refractivity contribution >= 4 is 0 Å². The van der Waals surface area contributed by atoms with Crippen molar-refractivity contribution < 1.29 is 9.50 Å². The van der Waals surface area contributed by atoms with Gasteiger partial charge >= 0.3 is 0 Å². The smallest absolute Gasteiger partial charge is 0.123 e. The lowest BCUT2D eigenvalue weighted by molar-refractivity contribution is 0.0429. The average molecular weight is 318 g/mol. The van der Waals surface area contributed by atoms with Crippen LogP contribution in [-0.2, 0) is 0 Å². The zero-order chi connectivity index (χ0) is 15.8. The highest BCUT2D eigenvalue weighted by molar-refractivity contribution is 5.18. The second-order valence-corrected chi connectivity index (χ2v) is 7.65. The Morgan fingerprint density at radius 1 is 1.04 bits per heavy atom. The Morgan fingerprint density at radius 3 is 2.39 bits per heavy atom. The standard InChI is InChI=1S/C19H27FN2O/c20-17-5-3-15(4-6-17)19(23)13-21-7-9-22(10-8-21)18-12-14-1-2-16(18)11-14/h3-6,14,16,18-19,23H,1-2,7-13H2. The summed E-state index contributed by atoms with van der Waals surface area (Å²) in [6, 6.07) is 7.05. The van der Waals surface area contributed by atoms with E-state index in [0.29, 0.717) is 6.54 Å². The van der Waals surface area contributed by atoms with Crippen molar-refractivity contribution in [2.24, 2.45) is 11.8 Å². The van der Waals surface area contributed by atoms with E-state index in [-0.39, 0.29) is 5.82 Å². The number of aliphatic hydroxyl groups is 1. The van der Waals surface area contributed by atoms with Gasteiger partial charge in [-0.05, 0) is 48.8 Å². The molecule has 4 rings (SSSR count). The largest absolute Gasteiger partial charge is 0.387 e. The molecule has 4 heteroatoms. The molecular weight excluding hydrogens is 291 g/mol. The zero-order valence-corrected chi connectivity index (χ0v) is 13.7. The van der Waals surface area contributed by atoms with E-state index in [1.165, 1.54) is 37.8 Å². The molecule has 0 radical (unpaired) electrons. The first-order valence-electron chi connectivity index (χ1n) is 9.09. The van der Waals surface area contributed by atoms with Crippen LogP contribution in [0.3, 0.4) is 0 Å². The topological polar surface area (TPSA) is 26.7 Å². The lowest BCUT2D eigenvalue weighted by Crippen LogP contribution is -2.52. The highest BCUT2D eigenvalue weighted by atomic mass is 19.1. The third-order valence-electron chi connectivity index (χ3n) is 6.26. The minimum atomic E-state index is -0.523. The molecule has 0 amide bonds. The van der Waals surface area contributed by atoms with Crippen LogP contribution in [0.25, 0.3) is 0 Å². The van der Waals surface area contributed by atoms with Crippen LogP contribution < -0.4 is 0 Å². The maximum atomic E-state index is 13.0. The number of piperazine rings is 1. The Morgan fingerprint density at radius 2 is 1.78 bits per heavy atom. The summed E-state index contributed by atoms with van der Waals surface area (Å²) in [6.45, 7) is 4.97. The van der Waals surface area contributed by atoms with Gasteiger partial charge < -0.3 is 5.11 Å². The molecule has 0 spiro atoms. The number of halogens is 1. The van der Waals surface area contributed by atoms with E-state index in [1.54, 1.807) is 12.1 Å². The molecule has 3 fully saturated rings. The molecule has 23 heavy (non-hydrogen) atoms. The van der Waals surface area contributed by atoms with Gasteiger partial charge in [0, 0.05) is 38.8 Å². The van der Waals surface area contributed by atoms with Gasteiger partial charge in [-0.25, -0.2) is 4.39 Å². The quantitative estimate of drug-likeness (QED) is 0.924. The maximum Gasteiger partial charge on any atom is 0.123 e. The first-order chi connectivity index (χ1) is 11.2. The van der Waals surface area contributed by atoms with Gasteiger partial charge in [0.15, 0.2) is 0 Å². The van der Waals surface area contributed by atoms with Crippen LogP contribution in [0.1, 0.15) is 37.4 Å². The van der Waals surface area contributed by atoms with Gasteiger partial charge in [0.1, 0.15) is 5.82 Å². The zero-order valence-electron chi connectivity index (χ0n) is 13.7. The second kappa shape index (κ2) is 6.50. The molecule has 1 aliphatic heterocycles. The molecule has 4 unspecified atom stereocenters. The number of β-amino-alcohol motifs (C(OH)–C–C–N with tert-alkyl or cyclic N) is 1. The number of hydrogen-bond donors (Lipinski definition) is 1. The summed E-state index contributed by atoms with van der Waals surface area (Å²) in [7, 11) is 0. The molecule has 3 nitrogen and oxygen atoms in total. The van der Waals surface area contributed by atoms with E-state index >= 15 is 0 Å².